The molecule has 0 spiro atoms. The van der Waals surface area contributed by atoms with Gasteiger partial charge < -0.3 is 4.74 Å². The first kappa shape index (κ1) is 25.4. The van der Waals surface area contributed by atoms with Crippen molar-refractivity contribution in [1.29, 1.82) is 0 Å². The normalized spacial score (nSPS) is 12.1. The van der Waals surface area contributed by atoms with Crippen LogP contribution in [0.5, 0.6) is 0 Å². The van der Waals surface area contributed by atoms with E-state index in [0.29, 0.717) is 10.8 Å². The number of carbonyl (C=O) groups excluding carboxylic acids is 2. The zero-order chi connectivity index (χ0) is 25.7. The number of ether oxygens (including phenoxy) is 1. The fourth-order valence-corrected chi connectivity index (χ4v) is 6.52. The van der Waals surface area contributed by atoms with Gasteiger partial charge in [0.1, 0.15) is 9.79 Å². The lowest BCUT2D eigenvalue weighted by Crippen LogP contribution is -2.19. The Bertz CT molecular complexity index is 1650. The molecule has 35 heavy (non-hydrogen) atoms. The van der Waals surface area contributed by atoms with Crippen LogP contribution in [0.1, 0.15) is 20.7 Å². The molecule has 13 heteroatoms. The summed E-state index contributed by atoms with van der Waals surface area (Å²) in [6.07, 6.45) is 0. The van der Waals surface area contributed by atoms with E-state index in [0.717, 1.165) is 12.1 Å². The van der Waals surface area contributed by atoms with Crippen molar-refractivity contribution < 1.29 is 40.3 Å². The predicted molar refractivity (Wildman–Crippen MR) is 133 cm³/mol. The Balaban J connectivity index is 1.94. The first-order chi connectivity index (χ1) is 16.3. The molecule has 0 fully saturated rings. The minimum absolute atomic E-state index is 0.0444. The molecule has 0 radical (unpaired) electrons. The number of carbonyl (C=O) groups is 2. The van der Waals surface area contributed by atoms with Gasteiger partial charge in [-0.2, -0.15) is 16.8 Å². The van der Waals surface area contributed by atoms with Gasteiger partial charge in [-0.15, -0.1) is 0 Å². The summed E-state index contributed by atoms with van der Waals surface area (Å²) in [4.78, 5) is 24.6. The molecule has 4 aromatic rings. The van der Waals surface area contributed by atoms with E-state index < -0.39 is 53.1 Å². The molecule has 0 saturated carbocycles. The van der Waals surface area contributed by atoms with Crippen molar-refractivity contribution in [1.82, 2.24) is 0 Å². The number of hydrogen-bond acceptors (Lipinski definition) is 7. The van der Waals surface area contributed by atoms with Crippen molar-refractivity contribution >= 4 is 85.6 Å². The fraction of sp³-hybridized carbons (Fsp3) is 0. The second-order valence-corrected chi connectivity index (χ2v) is 11.7. The smallest absolute Gasteiger partial charge is 0.348 e. The monoisotopic (exact) mass is 642 g/mol. The summed E-state index contributed by atoms with van der Waals surface area (Å²) in [5, 5.41) is 0.852. The van der Waals surface area contributed by atoms with Crippen LogP contribution in [0.4, 0.5) is 0 Å². The van der Waals surface area contributed by atoms with Crippen LogP contribution in [0.2, 0.25) is 0 Å². The number of halogens is 2. The second kappa shape index (κ2) is 9.08. The molecule has 0 aromatic heterocycles. The Morgan fingerprint density at radius 2 is 0.943 bits per heavy atom. The molecule has 180 valence electrons. The molecule has 0 saturated heterocycles. The average molecular weight is 644 g/mol. The van der Waals surface area contributed by atoms with Crippen molar-refractivity contribution in [3.8, 4) is 0 Å². The second-order valence-electron chi connectivity index (χ2n) is 7.18. The molecular weight excluding hydrogens is 632 g/mol. The summed E-state index contributed by atoms with van der Waals surface area (Å²) in [6, 6.07) is 14.1. The maximum Gasteiger partial charge on any atom is 0.348 e. The van der Waals surface area contributed by atoms with Crippen LogP contribution >= 0.6 is 31.9 Å². The summed E-state index contributed by atoms with van der Waals surface area (Å²) >= 11 is 6.37. The summed E-state index contributed by atoms with van der Waals surface area (Å²) in [6.45, 7) is 0. The summed E-state index contributed by atoms with van der Waals surface area (Å²) in [7, 11) is -9.90. The van der Waals surface area contributed by atoms with Crippen LogP contribution in [0.3, 0.4) is 0 Å². The third-order valence-electron chi connectivity index (χ3n) is 5.07. The number of esters is 2. The molecule has 2 N–H and O–H groups in total. The highest BCUT2D eigenvalue weighted by Crippen LogP contribution is 2.35. The lowest BCUT2D eigenvalue weighted by molar-refractivity contribution is 0.0394. The molecule has 4 rings (SSSR count). The van der Waals surface area contributed by atoms with Crippen molar-refractivity contribution in [2.45, 2.75) is 9.79 Å². The van der Waals surface area contributed by atoms with Gasteiger partial charge in [0.15, 0.2) is 0 Å². The van der Waals surface area contributed by atoms with E-state index in [2.05, 4.69) is 31.9 Å². The Kier molecular flexibility index (Phi) is 6.59. The van der Waals surface area contributed by atoms with Crippen LogP contribution in [-0.4, -0.2) is 37.9 Å². The maximum absolute atomic E-state index is 13.1. The molecule has 0 bridgehead atoms. The minimum Gasteiger partial charge on any atom is -0.386 e. The SMILES string of the molecule is O=C(OC(=O)c1c(S(=O)(=O)O)cc(Br)c2ccccc12)c1c(S(=O)(=O)O)cc(Br)c2ccccc12. The third kappa shape index (κ3) is 4.75. The topological polar surface area (TPSA) is 152 Å². The average Bonchev–Trinajstić information content (AvgIpc) is 2.77. The van der Waals surface area contributed by atoms with Crippen LogP contribution in [0, 0.1) is 0 Å². The lowest BCUT2D eigenvalue weighted by Gasteiger charge is -2.14. The molecule has 0 aliphatic heterocycles. The lowest BCUT2D eigenvalue weighted by atomic mass is 10.0. The van der Waals surface area contributed by atoms with E-state index >= 15 is 0 Å². The van der Waals surface area contributed by atoms with E-state index in [1.807, 2.05) is 0 Å². The van der Waals surface area contributed by atoms with Gasteiger partial charge in [0.05, 0.1) is 11.1 Å². The van der Waals surface area contributed by atoms with E-state index in [1.54, 1.807) is 24.3 Å². The molecule has 9 nitrogen and oxygen atoms in total. The van der Waals surface area contributed by atoms with E-state index in [-0.39, 0.29) is 19.7 Å². The van der Waals surface area contributed by atoms with Crippen LogP contribution in [0.25, 0.3) is 21.5 Å². The maximum atomic E-state index is 13.1. The molecule has 0 atom stereocenters. The van der Waals surface area contributed by atoms with Gasteiger partial charge in [0.25, 0.3) is 20.2 Å². The Morgan fingerprint density at radius 1 is 0.629 bits per heavy atom. The largest absolute Gasteiger partial charge is 0.386 e. The molecular formula is C22H12Br2O9S2. The molecule has 0 aliphatic rings. The first-order valence-electron chi connectivity index (χ1n) is 9.44. The van der Waals surface area contributed by atoms with Gasteiger partial charge in [0, 0.05) is 8.95 Å². The molecule has 0 unspecified atom stereocenters. The highest BCUT2D eigenvalue weighted by Gasteiger charge is 2.31. The van der Waals surface area contributed by atoms with E-state index in [1.165, 1.54) is 24.3 Å². The van der Waals surface area contributed by atoms with E-state index in [9.17, 15) is 35.5 Å². The quantitative estimate of drug-likeness (QED) is 0.178. The van der Waals surface area contributed by atoms with Gasteiger partial charge in [-0.05, 0) is 33.7 Å². The summed E-state index contributed by atoms with van der Waals surface area (Å²) in [5.41, 5.74) is -1.26. The van der Waals surface area contributed by atoms with Crippen LogP contribution in [0.15, 0.2) is 79.4 Å². The van der Waals surface area contributed by atoms with Crippen molar-refractivity contribution in [2.24, 2.45) is 0 Å². The summed E-state index contributed by atoms with van der Waals surface area (Å²) < 4.78 is 73.0. The van der Waals surface area contributed by atoms with Gasteiger partial charge in [-0.25, -0.2) is 9.59 Å². The molecule has 0 heterocycles. The number of hydrogen-bond donors (Lipinski definition) is 2. The van der Waals surface area contributed by atoms with Gasteiger partial charge in [-0.1, -0.05) is 80.4 Å². The van der Waals surface area contributed by atoms with Gasteiger partial charge in [0.2, 0.25) is 0 Å². The first-order valence-corrected chi connectivity index (χ1v) is 13.9. The minimum atomic E-state index is -4.95. The molecule has 4 aromatic carbocycles. The number of benzene rings is 4. The molecule has 0 amide bonds. The van der Waals surface area contributed by atoms with Gasteiger partial charge >= 0.3 is 11.9 Å². The summed E-state index contributed by atoms with van der Waals surface area (Å²) in [5.74, 6) is -2.92. The highest BCUT2D eigenvalue weighted by molar-refractivity contribution is 9.11. The standard InChI is InChI=1S/C22H12Br2O9S2/c23-15-9-17(34(27,28)29)19(13-7-3-1-5-11(13)15)21(25)33-22(26)20-14-8-4-2-6-12(14)16(24)10-18(20)35(30,31)32/h1-10H,(H,27,28,29)(H,30,31,32). The van der Waals surface area contributed by atoms with Crippen molar-refractivity contribution in [3.63, 3.8) is 0 Å². The Morgan fingerprint density at radius 3 is 1.26 bits per heavy atom. The number of rotatable bonds is 4. The van der Waals surface area contributed by atoms with Crippen LogP contribution < -0.4 is 0 Å². The third-order valence-corrected chi connectivity index (χ3v) is 8.13. The van der Waals surface area contributed by atoms with Gasteiger partial charge in [-0.3, -0.25) is 9.11 Å². The zero-order valence-corrected chi connectivity index (χ0v) is 21.9. The Hall–Kier alpha value is -2.68. The Labute approximate surface area is 215 Å². The van der Waals surface area contributed by atoms with E-state index in [4.69, 9.17) is 4.74 Å². The van der Waals surface area contributed by atoms with Crippen LogP contribution in [-0.2, 0) is 25.0 Å². The zero-order valence-electron chi connectivity index (χ0n) is 17.1. The molecule has 0 aliphatic carbocycles. The number of fused-ring (bicyclic) bond motifs is 2. The fourth-order valence-electron chi connectivity index (χ4n) is 3.63. The van der Waals surface area contributed by atoms with Crippen molar-refractivity contribution in [3.05, 3.63) is 80.7 Å². The highest BCUT2D eigenvalue weighted by atomic mass is 79.9. The van der Waals surface area contributed by atoms with Crippen molar-refractivity contribution in [2.75, 3.05) is 0 Å². The predicted octanol–water partition coefficient (Wildman–Crippen LogP) is 5.01.